The van der Waals surface area contributed by atoms with Crippen molar-refractivity contribution in [3.63, 3.8) is 0 Å². The fourth-order valence-electron chi connectivity index (χ4n) is 3.81. The summed E-state index contributed by atoms with van der Waals surface area (Å²) in [6.07, 6.45) is 1.74. The van der Waals surface area contributed by atoms with Gasteiger partial charge >= 0.3 is 11.9 Å². The van der Waals surface area contributed by atoms with E-state index in [9.17, 15) is 14.7 Å². The number of carbonyl (C=O) groups excluding carboxylic acids is 2. The lowest BCUT2D eigenvalue weighted by molar-refractivity contribution is -0.251. The number of rotatable bonds is 4. The minimum Gasteiger partial charge on any atom is -0.469 e. The van der Waals surface area contributed by atoms with E-state index in [0.29, 0.717) is 5.76 Å². The van der Waals surface area contributed by atoms with Crippen molar-refractivity contribution in [1.82, 2.24) is 0 Å². The Bertz CT molecular complexity index is 584. The Labute approximate surface area is 128 Å². The molecule has 4 atom stereocenters. The highest BCUT2D eigenvalue weighted by atomic mass is 16.6. The van der Waals surface area contributed by atoms with E-state index in [1.54, 1.807) is 32.9 Å². The van der Waals surface area contributed by atoms with Gasteiger partial charge in [0, 0.05) is 12.3 Å². The summed E-state index contributed by atoms with van der Waals surface area (Å²) in [4.78, 5) is 24.4. The zero-order valence-electron chi connectivity index (χ0n) is 12.9. The van der Waals surface area contributed by atoms with Crippen LogP contribution >= 0.6 is 0 Å². The molecule has 1 saturated carbocycles. The molecule has 0 unspecified atom stereocenters. The first-order chi connectivity index (χ1) is 10.3. The Morgan fingerprint density at radius 1 is 1.55 bits per heavy atom. The van der Waals surface area contributed by atoms with E-state index >= 15 is 0 Å². The van der Waals surface area contributed by atoms with E-state index in [4.69, 9.17) is 13.9 Å². The zero-order valence-corrected chi connectivity index (χ0v) is 12.9. The fraction of sp³-hybridized carbons (Fsp3) is 0.625. The highest BCUT2D eigenvalue weighted by molar-refractivity contribution is 5.86. The van der Waals surface area contributed by atoms with Crippen LogP contribution in [-0.4, -0.2) is 34.9 Å². The van der Waals surface area contributed by atoms with Gasteiger partial charge in [0.25, 0.3) is 0 Å². The average Bonchev–Trinajstić information content (AvgIpc) is 3.00. The highest BCUT2D eigenvalue weighted by Crippen LogP contribution is 2.61. The van der Waals surface area contributed by atoms with Crippen LogP contribution in [0.5, 0.6) is 0 Å². The molecule has 1 saturated heterocycles. The number of carbonyl (C=O) groups is 2. The van der Waals surface area contributed by atoms with Crippen molar-refractivity contribution in [2.24, 2.45) is 11.8 Å². The summed E-state index contributed by atoms with van der Waals surface area (Å²) in [5.74, 6) is -1.90. The smallest absolute Gasteiger partial charge is 0.314 e. The minimum absolute atomic E-state index is 0.233. The van der Waals surface area contributed by atoms with Gasteiger partial charge in [0.1, 0.15) is 11.7 Å². The summed E-state index contributed by atoms with van der Waals surface area (Å²) in [5, 5.41) is 10.5. The summed E-state index contributed by atoms with van der Waals surface area (Å²) >= 11 is 0. The summed E-state index contributed by atoms with van der Waals surface area (Å²) in [6, 6.07) is 3.45. The molecule has 120 valence electrons. The van der Waals surface area contributed by atoms with Crippen LogP contribution in [0.4, 0.5) is 0 Å². The maximum atomic E-state index is 12.3. The van der Waals surface area contributed by atoms with Gasteiger partial charge in [-0.25, -0.2) is 0 Å². The van der Waals surface area contributed by atoms with Gasteiger partial charge in [-0.1, -0.05) is 0 Å². The Balaban J connectivity index is 2.03. The van der Waals surface area contributed by atoms with Crippen LogP contribution in [0.1, 0.15) is 38.9 Å². The Kier molecular flexibility index (Phi) is 3.32. The monoisotopic (exact) mass is 308 g/mol. The number of fused-ring (bicyclic) bond motifs is 1. The molecule has 22 heavy (non-hydrogen) atoms. The van der Waals surface area contributed by atoms with E-state index < -0.39 is 40.9 Å². The summed E-state index contributed by atoms with van der Waals surface area (Å²) in [6.45, 7) is 5.18. The third kappa shape index (κ3) is 1.90. The Morgan fingerprint density at radius 3 is 2.77 bits per heavy atom. The number of hydrogen-bond donors (Lipinski definition) is 1. The van der Waals surface area contributed by atoms with Gasteiger partial charge in [-0.05, 0) is 32.9 Å². The predicted octanol–water partition coefficient (Wildman–Crippen LogP) is 1.63. The Morgan fingerprint density at radius 2 is 2.27 bits per heavy atom. The van der Waals surface area contributed by atoms with E-state index in [-0.39, 0.29) is 13.0 Å². The average molecular weight is 308 g/mol. The van der Waals surface area contributed by atoms with Gasteiger partial charge in [-0.15, -0.1) is 0 Å². The molecule has 2 aliphatic rings. The predicted molar refractivity (Wildman–Crippen MR) is 74.8 cm³/mol. The number of aliphatic hydroxyl groups is 1. The molecular weight excluding hydrogens is 288 g/mol. The van der Waals surface area contributed by atoms with Crippen LogP contribution in [0.2, 0.25) is 0 Å². The molecule has 0 spiro atoms. The molecule has 3 rings (SSSR count). The number of hydrogen-bond acceptors (Lipinski definition) is 6. The van der Waals surface area contributed by atoms with Gasteiger partial charge in [-0.2, -0.15) is 0 Å². The van der Waals surface area contributed by atoms with Crippen LogP contribution in [-0.2, 0) is 19.1 Å². The second kappa shape index (κ2) is 4.84. The fourth-order valence-corrected chi connectivity index (χ4v) is 3.81. The van der Waals surface area contributed by atoms with Crippen molar-refractivity contribution >= 4 is 11.9 Å². The molecule has 1 aromatic rings. The maximum absolute atomic E-state index is 12.3. The third-order valence-electron chi connectivity index (χ3n) is 4.85. The van der Waals surface area contributed by atoms with E-state index in [1.165, 1.54) is 6.26 Å². The first-order valence-corrected chi connectivity index (χ1v) is 7.47. The van der Waals surface area contributed by atoms with Gasteiger partial charge in [-0.3, -0.25) is 9.59 Å². The van der Waals surface area contributed by atoms with Crippen LogP contribution < -0.4 is 0 Å². The summed E-state index contributed by atoms with van der Waals surface area (Å²) < 4.78 is 15.9. The SMILES string of the molecule is CCOC(=O)[C@@H]1C[C@@]2(C(C)(C)O)OC(=O)[C@H]2[C@@H]1c1ccco1. The maximum Gasteiger partial charge on any atom is 0.314 e. The van der Waals surface area contributed by atoms with Crippen molar-refractivity contribution in [3.05, 3.63) is 24.2 Å². The largest absolute Gasteiger partial charge is 0.469 e. The second-order valence-electron chi connectivity index (χ2n) is 6.45. The van der Waals surface area contributed by atoms with Crippen molar-refractivity contribution in [2.45, 2.75) is 44.3 Å². The topological polar surface area (TPSA) is 86.0 Å². The van der Waals surface area contributed by atoms with Crippen molar-refractivity contribution in [1.29, 1.82) is 0 Å². The molecule has 1 N–H and O–H groups in total. The molecule has 6 heteroatoms. The molecular formula is C16H20O6. The molecule has 2 fully saturated rings. The molecule has 6 nitrogen and oxygen atoms in total. The van der Waals surface area contributed by atoms with Crippen molar-refractivity contribution < 1.29 is 28.6 Å². The number of furan rings is 1. The van der Waals surface area contributed by atoms with Crippen molar-refractivity contribution in [3.8, 4) is 0 Å². The van der Waals surface area contributed by atoms with E-state index in [0.717, 1.165) is 0 Å². The molecule has 0 aromatic carbocycles. The molecule has 2 heterocycles. The summed E-state index contributed by atoms with van der Waals surface area (Å²) in [5.41, 5.74) is -2.32. The Hall–Kier alpha value is -1.82. The first-order valence-electron chi connectivity index (χ1n) is 7.47. The van der Waals surface area contributed by atoms with Crippen molar-refractivity contribution in [2.75, 3.05) is 6.61 Å². The van der Waals surface area contributed by atoms with Crippen LogP contribution in [0.25, 0.3) is 0 Å². The molecule has 0 radical (unpaired) electrons. The quantitative estimate of drug-likeness (QED) is 0.851. The van der Waals surface area contributed by atoms with Gasteiger partial charge < -0.3 is 19.0 Å². The third-order valence-corrected chi connectivity index (χ3v) is 4.85. The normalized spacial score (nSPS) is 33.8. The standard InChI is InChI=1S/C16H20O6/c1-4-20-13(17)9-8-16(15(2,3)19)12(14(18)22-16)11(9)10-6-5-7-21-10/h5-7,9,11-12,19H,4,8H2,1-3H3/t9-,11+,12-,16-/m1/s1. The van der Waals surface area contributed by atoms with Crippen LogP contribution in [0.3, 0.4) is 0 Å². The zero-order chi connectivity index (χ0) is 16.1. The van der Waals surface area contributed by atoms with Gasteiger partial charge in [0.2, 0.25) is 0 Å². The molecule has 1 aromatic heterocycles. The molecule has 0 bridgehead atoms. The lowest BCUT2D eigenvalue weighted by Crippen LogP contribution is -2.66. The van der Waals surface area contributed by atoms with Gasteiger partial charge in [0.15, 0.2) is 5.60 Å². The van der Waals surface area contributed by atoms with E-state index in [1.807, 2.05) is 0 Å². The highest BCUT2D eigenvalue weighted by Gasteiger charge is 2.74. The lowest BCUT2D eigenvalue weighted by Gasteiger charge is -2.51. The molecule has 1 aliphatic heterocycles. The van der Waals surface area contributed by atoms with E-state index in [2.05, 4.69) is 0 Å². The first kappa shape index (κ1) is 15.1. The van der Waals surface area contributed by atoms with Crippen LogP contribution in [0.15, 0.2) is 22.8 Å². The molecule has 1 aliphatic carbocycles. The number of esters is 2. The lowest BCUT2D eigenvalue weighted by atomic mass is 9.70. The second-order valence-corrected chi connectivity index (χ2v) is 6.45. The summed E-state index contributed by atoms with van der Waals surface area (Å²) in [7, 11) is 0. The molecule has 0 amide bonds. The van der Waals surface area contributed by atoms with Gasteiger partial charge in [0.05, 0.1) is 24.4 Å². The number of ether oxygens (including phenoxy) is 2. The minimum atomic E-state index is -1.25. The van der Waals surface area contributed by atoms with Crippen LogP contribution in [0, 0.1) is 11.8 Å².